The lowest BCUT2D eigenvalue weighted by Crippen LogP contribution is -2.61. The molecule has 0 saturated carbocycles. The fourth-order valence-corrected chi connectivity index (χ4v) is 3.21. The van der Waals surface area contributed by atoms with E-state index in [4.69, 9.17) is 5.73 Å². The van der Waals surface area contributed by atoms with Gasteiger partial charge in [0.2, 0.25) is 11.8 Å². The zero-order valence-electron chi connectivity index (χ0n) is 13.7. The van der Waals surface area contributed by atoms with Crippen LogP contribution in [0.15, 0.2) is 30.5 Å². The van der Waals surface area contributed by atoms with E-state index >= 15 is 0 Å². The third kappa shape index (κ3) is 3.59. The van der Waals surface area contributed by atoms with Crippen molar-refractivity contribution in [3.63, 3.8) is 0 Å². The number of para-hydroxylation sites is 1. The van der Waals surface area contributed by atoms with E-state index in [0.29, 0.717) is 19.4 Å². The van der Waals surface area contributed by atoms with E-state index in [2.05, 4.69) is 21.7 Å². The topological polar surface area (TPSA) is 100 Å². The van der Waals surface area contributed by atoms with Gasteiger partial charge in [0.25, 0.3) is 0 Å². The number of piperazine rings is 1. The first-order valence-electron chi connectivity index (χ1n) is 8.55. The number of aryl methyl sites for hydroxylation is 1. The Labute approximate surface area is 141 Å². The number of unbranched alkanes of at least 4 members (excludes halogenated alkanes) is 1. The highest BCUT2D eigenvalue weighted by molar-refractivity contribution is 5.96. The van der Waals surface area contributed by atoms with Crippen LogP contribution >= 0.6 is 0 Å². The number of aromatic nitrogens is 1. The molecule has 1 saturated heterocycles. The summed E-state index contributed by atoms with van der Waals surface area (Å²) in [5, 5.41) is 6.87. The molecule has 2 heterocycles. The van der Waals surface area contributed by atoms with Crippen molar-refractivity contribution in [3.05, 3.63) is 36.0 Å². The van der Waals surface area contributed by atoms with Gasteiger partial charge in [0.15, 0.2) is 0 Å². The molecule has 5 N–H and O–H groups in total. The van der Waals surface area contributed by atoms with Crippen LogP contribution in [0.5, 0.6) is 0 Å². The van der Waals surface area contributed by atoms with Crippen LogP contribution in [0, 0.1) is 0 Å². The summed E-state index contributed by atoms with van der Waals surface area (Å²) < 4.78 is 0. The summed E-state index contributed by atoms with van der Waals surface area (Å²) in [6, 6.07) is 7.20. The lowest BCUT2D eigenvalue weighted by atomic mass is 9.99. The quantitative estimate of drug-likeness (QED) is 0.575. The molecule has 0 radical (unpaired) electrons. The lowest BCUT2D eigenvalue weighted by Gasteiger charge is -2.29. The average molecular weight is 328 g/mol. The van der Waals surface area contributed by atoms with Gasteiger partial charge in [-0.3, -0.25) is 9.59 Å². The fraction of sp³-hybridized carbons (Fsp3) is 0.444. The van der Waals surface area contributed by atoms with Gasteiger partial charge in [-0.25, -0.2) is 0 Å². The van der Waals surface area contributed by atoms with Crippen LogP contribution in [-0.2, 0) is 16.0 Å². The Morgan fingerprint density at radius 2 is 1.67 bits per heavy atom. The summed E-state index contributed by atoms with van der Waals surface area (Å²) in [5.41, 5.74) is 7.72. The van der Waals surface area contributed by atoms with Crippen LogP contribution < -0.4 is 16.4 Å². The molecule has 2 aromatic rings. The predicted molar refractivity (Wildman–Crippen MR) is 93.4 cm³/mol. The third-order valence-electron chi connectivity index (χ3n) is 4.59. The minimum Gasteiger partial charge on any atom is -0.361 e. The average Bonchev–Trinajstić information content (AvgIpc) is 3.00. The highest BCUT2D eigenvalue weighted by Gasteiger charge is 2.32. The molecule has 1 aromatic carbocycles. The molecule has 128 valence electrons. The van der Waals surface area contributed by atoms with E-state index in [1.165, 1.54) is 5.39 Å². The Kier molecular flexibility index (Phi) is 5.15. The molecule has 2 atom stereocenters. The summed E-state index contributed by atoms with van der Waals surface area (Å²) in [7, 11) is 0. The maximum atomic E-state index is 12.2. The first-order valence-corrected chi connectivity index (χ1v) is 8.55. The Balaban J connectivity index is 1.56. The van der Waals surface area contributed by atoms with Gasteiger partial charge in [-0.15, -0.1) is 0 Å². The minimum absolute atomic E-state index is 0.0875. The number of nitrogens with one attached hydrogen (secondary N) is 3. The van der Waals surface area contributed by atoms with Crippen molar-refractivity contribution in [2.45, 2.75) is 44.2 Å². The van der Waals surface area contributed by atoms with Crippen molar-refractivity contribution in [1.29, 1.82) is 0 Å². The summed E-state index contributed by atoms with van der Waals surface area (Å²) in [6.07, 6.45) is 5.65. The van der Waals surface area contributed by atoms with Gasteiger partial charge in [0.1, 0.15) is 12.1 Å². The van der Waals surface area contributed by atoms with Crippen LogP contribution in [0.3, 0.4) is 0 Å². The molecule has 6 heteroatoms. The Morgan fingerprint density at radius 3 is 2.42 bits per heavy atom. The highest BCUT2D eigenvalue weighted by atomic mass is 16.2. The molecular formula is C18H24N4O2. The molecule has 1 aliphatic heterocycles. The predicted octanol–water partition coefficient (Wildman–Crippen LogP) is 1.21. The summed E-state index contributed by atoms with van der Waals surface area (Å²) in [5.74, 6) is -0.178. The van der Waals surface area contributed by atoms with E-state index in [1.54, 1.807) is 0 Å². The van der Waals surface area contributed by atoms with Gasteiger partial charge < -0.3 is 21.4 Å². The van der Waals surface area contributed by atoms with E-state index < -0.39 is 12.1 Å². The number of hydrogen-bond donors (Lipinski definition) is 4. The number of fused-ring (bicyclic) bond motifs is 1. The fourth-order valence-electron chi connectivity index (χ4n) is 3.21. The zero-order chi connectivity index (χ0) is 16.9. The Hall–Kier alpha value is -2.34. The second-order valence-electron chi connectivity index (χ2n) is 6.30. The van der Waals surface area contributed by atoms with Crippen molar-refractivity contribution >= 4 is 22.7 Å². The Morgan fingerprint density at radius 1 is 0.958 bits per heavy atom. The van der Waals surface area contributed by atoms with Crippen molar-refractivity contribution in [2.75, 3.05) is 6.54 Å². The van der Waals surface area contributed by atoms with Gasteiger partial charge >= 0.3 is 0 Å². The first kappa shape index (κ1) is 16.5. The number of carbonyl (C=O) groups excluding carboxylic acids is 2. The van der Waals surface area contributed by atoms with Crippen LogP contribution in [0.2, 0.25) is 0 Å². The second-order valence-corrected chi connectivity index (χ2v) is 6.30. The van der Waals surface area contributed by atoms with Gasteiger partial charge in [-0.1, -0.05) is 18.2 Å². The molecule has 1 aliphatic rings. The number of H-pyrrole nitrogens is 1. The Bertz CT molecular complexity index is 725. The molecule has 6 nitrogen and oxygen atoms in total. The van der Waals surface area contributed by atoms with Crippen LogP contribution in [0.25, 0.3) is 10.9 Å². The van der Waals surface area contributed by atoms with E-state index in [1.807, 2.05) is 24.4 Å². The lowest BCUT2D eigenvalue weighted by molar-refractivity contribution is -0.137. The number of hydrogen-bond acceptors (Lipinski definition) is 3. The number of rotatable bonds is 7. The number of aromatic amines is 1. The number of carbonyl (C=O) groups is 2. The summed E-state index contributed by atoms with van der Waals surface area (Å²) in [6.45, 7) is 0.607. The molecule has 24 heavy (non-hydrogen) atoms. The highest BCUT2D eigenvalue weighted by Crippen LogP contribution is 2.20. The molecule has 2 amide bonds. The molecule has 0 bridgehead atoms. The number of benzene rings is 1. The minimum atomic E-state index is -0.461. The standard InChI is InChI=1S/C18H24N4O2/c19-10-4-3-7-15-17(23)22-16(18(24)21-15)9-8-12-11-20-14-6-2-1-5-13(12)14/h1-2,5-6,11,15-16,20H,3-4,7-10,19H2,(H,21,24)(H,22,23)/t15-,16-/m1/s1. The second kappa shape index (κ2) is 7.49. The van der Waals surface area contributed by atoms with E-state index in [-0.39, 0.29) is 11.8 Å². The number of nitrogens with two attached hydrogens (primary N) is 1. The van der Waals surface area contributed by atoms with Crippen molar-refractivity contribution in [3.8, 4) is 0 Å². The van der Waals surface area contributed by atoms with E-state index in [9.17, 15) is 9.59 Å². The van der Waals surface area contributed by atoms with Crippen molar-refractivity contribution in [1.82, 2.24) is 15.6 Å². The monoisotopic (exact) mass is 328 g/mol. The molecule has 0 unspecified atom stereocenters. The van der Waals surface area contributed by atoms with Crippen LogP contribution in [0.1, 0.15) is 31.2 Å². The normalized spacial score (nSPS) is 20.9. The van der Waals surface area contributed by atoms with Crippen molar-refractivity contribution < 1.29 is 9.59 Å². The summed E-state index contributed by atoms with van der Waals surface area (Å²) in [4.78, 5) is 27.6. The molecule has 0 spiro atoms. The van der Waals surface area contributed by atoms with Crippen LogP contribution in [0.4, 0.5) is 0 Å². The maximum absolute atomic E-state index is 12.2. The third-order valence-corrected chi connectivity index (χ3v) is 4.59. The van der Waals surface area contributed by atoms with Gasteiger partial charge in [0.05, 0.1) is 0 Å². The maximum Gasteiger partial charge on any atom is 0.243 e. The molecular weight excluding hydrogens is 304 g/mol. The van der Waals surface area contributed by atoms with Crippen molar-refractivity contribution in [2.24, 2.45) is 5.73 Å². The van der Waals surface area contributed by atoms with Gasteiger partial charge in [-0.2, -0.15) is 0 Å². The largest absolute Gasteiger partial charge is 0.361 e. The van der Waals surface area contributed by atoms with Gasteiger partial charge in [-0.05, 0) is 50.3 Å². The van der Waals surface area contributed by atoms with Gasteiger partial charge in [0, 0.05) is 17.1 Å². The zero-order valence-corrected chi connectivity index (χ0v) is 13.7. The number of amides is 2. The van der Waals surface area contributed by atoms with Crippen LogP contribution in [-0.4, -0.2) is 35.4 Å². The summed E-state index contributed by atoms with van der Waals surface area (Å²) >= 11 is 0. The smallest absolute Gasteiger partial charge is 0.243 e. The van der Waals surface area contributed by atoms with E-state index in [0.717, 1.165) is 30.3 Å². The molecule has 1 fully saturated rings. The first-order chi connectivity index (χ1) is 11.7. The SMILES string of the molecule is NCCCC[C@H]1NC(=O)[C@@H](CCc2c[nH]c3ccccc23)NC1=O. The molecule has 3 rings (SSSR count). The molecule has 0 aliphatic carbocycles. The molecule has 1 aromatic heterocycles.